The van der Waals surface area contributed by atoms with E-state index >= 15 is 8.78 Å². The molecule has 10 aromatic rings. The number of thioether (sulfide) groups is 5. The van der Waals surface area contributed by atoms with E-state index in [1.165, 1.54) is 37.8 Å². The first-order chi connectivity index (χ1) is 63.8. The number of imide groups is 2. The molecule has 10 fully saturated rings. The first-order valence-corrected chi connectivity index (χ1v) is 44.9. The van der Waals surface area contributed by atoms with Crippen LogP contribution in [0.5, 0.6) is 0 Å². The number of aldehydes is 2. The summed E-state index contributed by atoms with van der Waals surface area (Å²) in [6.07, 6.45) is -2.82. The number of halogens is 12. The zero-order valence-corrected chi connectivity index (χ0v) is 73.2. The van der Waals surface area contributed by atoms with Crippen molar-refractivity contribution in [3.8, 4) is 0 Å². The molecule has 0 unspecified atom stereocenters. The van der Waals surface area contributed by atoms with Crippen molar-refractivity contribution in [3.05, 3.63) is 105 Å². The Bertz CT molecular complexity index is 6210. The van der Waals surface area contributed by atoms with Gasteiger partial charge in [0.2, 0.25) is 57.2 Å². The second-order valence-electron chi connectivity index (χ2n) is 31.6. The van der Waals surface area contributed by atoms with E-state index in [2.05, 4.69) is 36.4 Å². The van der Waals surface area contributed by atoms with E-state index in [1.807, 2.05) is 13.8 Å². The van der Waals surface area contributed by atoms with Gasteiger partial charge in [-0.3, -0.25) is 78.3 Å². The van der Waals surface area contributed by atoms with Gasteiger partial charge in [-0.2, -0.15) is 13.2 Å². The van der Waals surface area contributed by atoms with Gasteiger partial charge in [0.05, 0.1) is 134 Å². The fraction of sp³-hybridized carbons (Fsp3) is 0.438. The molecule has 10 atom stereocenters. The summed E-state index contributed by atoms with van der Waals surface area (Å²) in [5.74, 6) is -10.3. The number of ether oxygens (including phenoxy) is 6. The number of carbonyl (C=O) groups is 10. The number of hydrogen-bond donors (Lipinski definition) is 3. The van der Waals surface area contributed by atoms with Crippen LogP contribution in [0.25, 0.3) is 54.8 Å². The maximum absolute atomic E-state index is 16.1. The number of nitrogens with one attached hydrogen (secondary N) is 2. The van der Waals surface area contributed by atoms with Gasteiger partial charge in [0.1, 0.15) is 26.7 Å². The molecule has 0 bridgehead atoms. The highest BCUT2D eigenvalue weighted by Gasteiger charge is 2.64. The van der Waals surface area contributed by atoms with Crippen molar-refractivity contribution in [2.75, 3.05) is 146 Å². The predicted octanol–water partition coefficient (Wildman–Crippen LogP) is 13.6. The zero-order chi connectivity index (χ0) is 94.4. The summed E-state index contributed by atoms with van der Waals surface area (Å²) in [5, 5.41) is 28.3. The van der Waals surface area contributed by atoms with Crippen LogP contribution < -0.4 is 44.9 Å². The summed E-state index contributed by atoms with van der Waals surface area (Å²) in [4.78, 5) is 131. The molecule has 0 aliphatic carbocycles. The first-order valence-electron chi connectivity index (χ1n) is 40.5. The van der Waals surface area contributed by atoms with E-state index < -0.39 is 175 Å². The summed E-state index contributed by atoms with van der Waals surface area (Å²) in [5.41, 5.74) is -3.43. The van der Waals surface area contributed by atoms with Gasteiger partial charge in [-0.05, 0) is 63.6 Å². The highest BCUT2D eigenvalue weighted by molar-refractivity contribution is 8.16. The van der Waals surface area contributed by atoms with Crippen LogP contribution in [0.1, 0.15) is 77.7 Å². The van der Waals surface area contributed by atoms with E-state index in [4.69, 9.17) is 51.0 Å². The minimum absolute atomic E-state index is 0.00976. The van der Waals surface area contributed by atoms with Crippen molar-refractivity contribution in [1.29, 1.82) is 0 Å². The Labute approximate surface area is 759 Å². The Balaban J connectivity index is 0.000000117. The van der Waals surface area contributed by atoms with Gasteiger partial charge >= 0.3 is 6.03 Å². The van der Waals surface area contributed by atoms with Crippen molar-refractivity contribution in [3.63, 3.8) is 0 Å². The van der Waals surface area contributed by atoms with Gasteiger partial charge in [-0.15, -0.1) is 0 Å². The number of fused-ring (bicyclic) bond motifs is 9. The molecule has 16 heterocycles. The van der Waals surface area contributed by atoms with Crippen molar-refractivity contribution < 1.29 is 157 Å². The molecule has 1 spiro atoms. The van der Waals surface area contributed by atoms with Crippen LogP contribution in [-0.2, 0) is 44.4 Å². The molecule has 53 heteroatoms. The summed E-state index contributed by atoms with van der Waals surface area (Å²) in [6.45, 7) is 6.87. The lowest BCUT2D eigenvalue weighted by atomic mass is 9.66. The minimum atomic E-state index is -1.78. The zero-order valence-electron chi connectivity index (χ0n) is 69.2. The Hall–Kier alpha value is -11.0. The number of aromatic nitrogens is 5. The quantitative estimate of drug-likeness (QED) is 0.0487. The molecule has 10 saturated heterocycles. The average molecular weight is 1970 g/mol. The highest BCUT2D eigenvalue weighted by atomic mass is 32.2. The summed E-state index contributed by atoms with van der Waals surface area (Å²) < 4.78 is 225. The number of alkyl halides is 4. The van der Waals surface area contributed by atoms with Crippen LogP contribution >= 0.6 is 58.8 Å². The Kier molecular flexibility index (Phi) is 26.8. The lowest BCUT2D eigenvalue weighted by Gasteiger charge is -2.55. The van der Waals surface area contributed by atoms with E-state index in [9.17, 15) is 97.0 Å². The fourth-order valence-electron chi connectivity index (χ4n) is 17.2. The molecule has 5 aromatic carbocycles. The van der Waals surface area contributed by atoms with Crippen LogP contribution in [-0.4, -0.2) is 256 Å². The molecule has 11 aliphatic heterocycles. The minimum Gasteiger partial charge on any atom is -0.395 e. The maximum Gasteiger partial charge on any atom is 0.328 e. The van der Waals surface area contributed by atoms with Crippen LogP contribution in [0.3, 0.4) is 0 Å². The van der Waals surface area contributed by atoms with Crippen molar-refractivity contribution >= 4 is 211 Å². The third kappa shape index (κ3) is 17.0. The summed E-state index contributed by atoms with van der Waals surface area (Å²) in [6, 6.07) is 4.83. The molecule has 3 N–H and O–H groups in total. The third-order valence-corrected chi connectivity index (χ3v) is 28.1. The molecule has 706 valence electrons. The van der Waals surface area contributed by atoms with Gasteiger partial charge < -0.3 is 65.9 Å². The second-order valence-corrected chi connectivity index (χ2v) is 37.8. The number of barbiturate groups is 1. The van der Waals surface area contributed by atoms with Crippen molar-refractivity contribution in [1.82, 2.24) is 36.4 Å². The van der Waals surface area contributed by atoms with Crippen molar-refractivity contribution in [2.24, 2.45) is 5.41 Å². The third-order valence-electron chi connectivity index (χ3n) is 22.9. The highest BCUT2D eigenvalue weighted by Crippen LogP contribution is 2.52. The van der Waals surface area contributed by atoms with Gasteiger partial charge in [0.15, 0.2) is 88.7 Å². The number of aliphatic hydroxyl groups is 1. The van der Waals surface area contributed by atoms with Gasteiger partial charge in [-0.1, -0.05) is 84.6 Å². The smallest absolute Gasteiger partial charge is 0.328 e. The lowest BCUT2D eigenvalue weighted by Crippen LogP contribution is -2.75. The molecule has 0 radical (unpaired) electrons. The van der Waals surface area contributed by atoms with Crippen LogP contribution in [0, 0.1) is 52.0 Å². The van der Waals surface area contributed by atoms with E-state index in [0.717, 1.165) is 69.8 Å². The van der Waals surface area contributed by atoms with E-state index in [1.54, 1.807) is 29.7 Å². The molecule has 9 amide bonds. The van der Waals surface area contributed by atoms with Gasteiger partial charge in [0, 0.05) is 75.5 Å². The number of amides is 9. The number of hydrogen-bond acceptors (Lipinski definition) is 34. The number of benzene rings is 5. The Morgan fingerprint density at radius 1 is 0.414 bits per heavy atom. The number of morpholine rings is 2. The van der Waals surface area contributed by atoms with Gasteiger partial charge in [-0.25, -0.2) is 44.3 Å². The van der Waals surface area contributed by atoms with E-state index in [-0.39, 0.29) is 220 Å². The molecular formula is C80H70F12N14O22S5. The molecule has 21 rings (SSSR count). The molecular weight excluding hydrogens is 1900 g/mol. The van der Waals surface area contributed by atoms with Crippen LogP contribution in [0.15, 0.2) is 52.9 Å². The van der Waals surface area contributed by atoms with E-state index in [0.29, 0.717) is 24.9 Å². The normalized spacial score (nSPS) is 24.4. The number of aliphatic hydroxyl groups excluding tert-OH is 1. The van der Waals surface area contributed by atoms with Gasteiger partial charge in [0.25, 0.3) is 26.2 Å². The lowest BCUT2D eigenvalue weighted by molar-refractivity contribution is -0.153. The Morgan fingerprint density at radius 2 is 0.744 bits per heavy atom. The summed E-state index contributed by atoms with van der Waals surface area (Å²) in [7, 11) is 0. The fourth-order valence-corrected chi connectivity index (χ4v) is 21.5. The standard InChI is InChI=1S/C22H21F2N5O6S.C18H19F2N3O4S.C14H11F3N2O4S.C14H12F2N2O5S.C12H7F3N2O3S/c1-8-6-28-14-10(4-22(16(28)9(2)34-8)18(30)25-20(32)26-19(22)31)3-12-15(13(14)24)35-27-17(12)29-7-11(5-23)36-21(29)33;1-9-5-22(6-10(2)26-9)15-11(8-24)3-13-16(14(15)20)27-21-17(13)23-7-12(4-19)28-18(23)25;15-4-6-5-19(14(20)24-6)12-8-3-7(13-21-1-2-22-13)9(16)10(17)11(8)23-18-12;15-9-7(13-21-1-2-22-13)3-8-11(10(9)16)23-17-12(8)18-4-6(5-19)24-14(18)20;13-2-6-3-17(12(19)21-6)11-7-1-5(4-18)8(14)9(15)10(7)20-16-11/h3,8-9,11,16H,4-7H2,1-2H3,(H2,25,26,30,31,32);3,8-10,12H,4-7H2,1-2H3;3,6,13H,1-2,4-5H2;3,6,13,19H,1-2,4-5H2;1,4,6H,2-3H2/t8-,9+,11+,16-;9-,10-,12+;3*6-/m11010/s1. The summed E-state index contributed by atoms with van der Waals surface area (Å²) >= 11 is 4.27. The average Bonchev–Trinajstić information content (AvgIpc) is 1.52. The van der Waals surface area contributed by atoms with Crippen LogP contribution in [0.4, 0.5) is 122 Å². The topological polar surface area (TPSA) is 423 Å². The van der Waals surface area contributed by atoms with Crippen LogP contribution in [0.2, 0.25) is 0 Å². The molecule has 11 aliphatic rings. The number of anilines is 7. The number of rotatable bonds is 15. The van der Waals surface area contributed by atoms with Crippen molar-refractivity contribution in [2.45, 2.75) is 103 Å². The SMILES string of the molecule is C[C@@H]1CN(c2c(C=O)cc3c(N4C[C@H](CF)SC4=O)noc3c2F)C[C@@H](C)O1.C[C@@H]1CN2c3c(cc4c(N5C[C@H](CF)SC5=O)noc4c3F)CC3(C(=O)NC(=O)NC3=O)[C@H]2[C@H](C)O1.O=C1S[C@@H](CF)CN1c1noc2c(F)c(F)c(C3OCCO3)cc12.O=C1S[C@@H](CO)CN1c1noc2c(F)c(F)c(C3OCCO3)cc12.O=Cc1cc2c(N3C[C@H](CF)SC3=O)noc2c(F)c1F. The number of urea groups is 1. The number of nitrogens with zero attached hydrogens (tertiary/aromatic N) is 12. The second kappa shape index (κ2) is 38.0. The molecule has 5 aromatic heterocycles. The largest absolute Gasteiger partial charge is 0.395 e. The monoisotopic (exact) mass is 1970 g/mol. The molecule has 133 heavy (non-hydrogen) atoms. The molecule has 36 nitrogen and oxygen atoms in total. The molecule has 0 saturated carbocycles. The predicted molar refractivity (Wildman–Crippen MR) is 453 cm³/mol. The Morgan fingerprint density at radius 3 is 1.11 bits per heavy atom. The first kappa shape index (κ1) is 93.8. The maximum atomic E-state index is 16.1. The number of carbonyl (C=O) groups excluding carboxylic acids is 10.